The Morgan fingerprint density at radius 3 is 2.83 bits per heavy atom. The lowest BCUT2D eigenvalue weighted by atomic mass is 9.72. The number of rotatable bonds is 4. The van der Waals surface area contributed by atoms with E-state index in [0.717, 1.165) is 35.2 Å². The molecule has 0 bridgehead atoms. The highest BCUT2D eigenvalue weighted by atomic mass is 35.5. The van der Waals surface area contributed by atoms with Crippen LogP contribution in [-0.2, 0) is 35.5 Å². The van der Waals surface area contributed by atoms with Gasteiger partial charge in [-0.1, -0.05) is 50.6 Å². The Kier molecular flexibility index (Phi) is 5.73. The van der Waals surface area contributed by atoms with Gasteiger partial charge in [-0.05, 0) is 42.2 Å². The van der Waals surface area contributed by atoms with E-state index >= 15 is 0 Å². The van der Waals surface area contributed by atoms with E-state index in [2.05, 4.69) is 25.8 Å². The first-order chi connectivity index (χ1) is 14.2. The Bertz CT molecular complexity index is 1160. The van der Waals surface area contributed by atoms with Gasteiger partial charge in [0.25, 0.3) is 5.56 Å². The molecule has 3 aromatic rings. The van der Waals surface area contributed by atoms with Crippen molar-refractivity contribution in [2.45, 2.75) is 53.2 Å². The summed E-state index contributed by atoms with van der Waals surface area (Å²) in [6, 6.07) is 7.20. The van der Waals surface area contributed by atoms with Gasteiger partial charge in [-0.3, -0.25) is 14.2 Å². The molecular formula is C23H25ClN2O3S. The van der Waals surface area contributed by atoms with Crippen LogP contribution < -0.4 is 5.56 Å². The number of benzene rings is 1. The van der Waals surface area contributed by atoms with Crippen molar-refractivity contribution < 1.29 is 9.53 Å². The molecule has 0 saturated carbocycles. The van der Waals surface area contributed by atoms with Crippen LogP contribution in [0.5, 0.6) is 0 Å². The molecule has 2 heterocycles. The van der Waals surface area contributed by atoms with E-state index in [1.807, 2.05) is 12.1 Å². The molecule has 5 nitrogen and oxygen atoms in total. The molecule has 1 atom stereocenters. The van der Waals surface area contributed by atoms with Gasteiger partial charge in [-0.15, -0.1) is 11.3 Å². The summed E-state index contributed by atoms with van der Waals surface area (Å²) >= 11 is 7.71. The van der Waals surface area contributed by atoms with Crippen molar-refractivity contribution in [1.29, 1.82) is 0 Å². The summed E-state index contributed by atoms with van der Waals surface area (Å²) in [5.41, 5.74) is 1.93. The van der Waals surface area contributed by atoms with E-state index in [9.17, 15) is 9.59 Å². The van der Waals surface area contributed by atoms with Crippen molar-refractivity contribution in [3.63, 3.8) is 0 Å². The molecule has 1 unspecified atom stereocenters. The number of hydrogen-bond acceptors (Lipinski definition) is 5. The van der Waals surface area contributed by atoms with Gasteiger partial charge >= 0.3 is 5.97 Å². The Morgan fingerprint density at radius 1 is 1.33 bits per heavy atom. The molecule has 0 spiro atoms. The molecule has 158 valence electrons. The predicted molar refractivity (Wildman–Crippen MR) is 120 cm³/mol. The normalized spacial score (nSPS) is 16.5. The number of carbonyl (C=O) groups excluding carboxylic acids is 1. The number of ether oxygens (including phenoxy) is 1. The van der Waals surface area contributed by atoms with Crippen molar-refractivity contribution in [3.05, 3.63) is 62.0 Å². The minimum absolute atomic E-state index is 0.0744. The van der Waals surface area contributed by atoms with Crippen molar-refractivity contribution in [3.8, 4) is 0 Å². The first-order valence-electron chi connectivity index (χ1n) is 10.1. The van der Waals surface area contributed by atoms with Crippen LogP contribution in [0.1, 0.15) is 43.2 Å². The summed E-state index contributed by atoms with van der Waals surface area (Å²) in [6.45, 7) is 6.73. The summed E-state index contributed by atoms with van der Waals surface area (Å²) in [7, 11) is 0. The third-order valence-corrected chi connectivity index (χ3v) is 7.44. The zero-order chi connectivity index (χ0) is 21.5. The summed E-state index contributed by atoms with van der Waals surface area (Å²) in [4.78, 5) is 31.9. The smallest absolute Gasteiger partial charge is 0.326 e. The zero-order valence-corrected chi connectivity index (χ0v) is 19.0. The fourth-order valence-corrected chi connectivity index (χ4v) is 5.46. The van der Waals surface area contributed by atoms with Crippen LogP contribution in [0.15, 0.2) is 35.4 Å². The van der Waals surface area contributed by atoms with Gasteiger partial charge in [0.15, 0.2) is 0 Å². The monoisotopic (exact) mass is 444 g/mol. The minimum atomic E-state index is -0.491. The number of nitrogens with zero attached hydrogens (tertiary/aromatic N) is 2. The molecule has 1 aliphatic carbocycles. The van der Waals surface area contributed by atoms with Crippen LogP contribution in [0.2, 0.25) is 5.02 Å². The second-order valence-corrected chi connectivity index (χ2v) is 10.4. The van der Waals surface area contributed by atoms with Gasteiger partial charge in [0.2, 0.25) is 0 Å². The highest BCUT2D eigenvalue weighted by Crippen LogP contribution is 2.41. The van der Waals surface area contributed by atoms with Crippen LogP contribution in [0, 0.1) is 11.3 Å². The topological polar surface area (TPSA) is 61.2 Å². The summed E-state index contributed by atoms with van der Waals surface area (Å²) in [6.07, 6.45) is 4.38. The molecule has 30 heavy (non-hydrogen) atoms. The van der Waals surface area contributed by atoms with Crippen molar-refractivity contribution in [1.82, 2.24) is 9.55 Å². The first-order valence-corrected chi connectivity index (χ1v) is 11.3. The number of fused-ring (bicyclic) bond motifs is 3. The zero-order valence-electron chi connectivity index (χ0n) is 17.4. The lowest BCUT2D eigenvalue weighted by Crippen LogP contribution is -2.28. The number of thiophene rings is 1. The lowest BCUT2D eigenvalue weighted by molar-refractivity contribution is -0.145. The fourth-order valence-electron chi connectivity index (χ4n) is 4.01. The predicted octanol–water partition coefficient (Wildman–Crippen LogP) is 5.01. The number of halogens is 1. The van der Waals surface area contributed by atoms with E-state index in [4.69, 9.17) is 16.3 Å². The van der Waals surface area contributed by atoms with Gasteiger partial charge in [0.1, 0.15) is 18.0 Å². The molecule has 4 rings (SSSR count). The molecule has 0 radical (unpaired) electrons. The molecular weight excluding hydrogens is 420 g/mol. The highest BCUT2D eigenvalue weighted by molar-refractivity contribution is 7.18. The quantitative estimate of drug-likeness (QED) is 0.531. The molecule has 0 fully saturated rings. The molecule has 0 saturated heterocycles. The third-order valence-electron chi connectivity index (χ3n) is 5.91. The van der Waals surface area contributed by atoms with Crippen LogP contribution in [0.4, 0.5) is 0 Å². The Labute approximate surface area is 184 Å². The molecule has 1 aromatic carbocycles. The van der Waals surface area contributed by atoms with Crippen LogP contribution in [0.3, 0.4) is 0 Å². The number of carbonyl (C=O) groups is 1. The van der Waals surface area contributed by atoms with E-state index < -0.39 is 5.97 Å². The van der Waals surface area contributed by atoms with Crippen LogP contribution >= 0.6 is 22.9 Å². The standard InChI is InChI=1S/C23H25ClN2O3S/c1-23(2,3)15-8-9-16-18(10-15)30-21-20(16)22(28)26(13-25-21)11-19(27)29-12-14-6-4-5-7-17(14)24/h4-7,13,15H,8-12H2,1-3H3. The first kappa shape index (κ1) is 21.1. The van der Waals surface area contributed by atoms with Crippen molar-refractivity contribution in [2.75, 3.05) is 0 Å². The molecule has 0 N–H and O–H groups in total. The lowest BCUT2D eigenvalue weighted by Gasteiger charge is -2.33. The highest BCUT2D eigenvalue weighted by Gasteiger charge is 2.31. The number of aryl methyl sites for hydroxylation is 1. The number of hydrogen-bond donors (Lipinski definition) is 0. The largest absolute Gasteiger partial charge is 0.459 e. The average Bonchev–Trinajstić information content (AvgIpc) is 3.07. The second kappa shape index (κ2) is 8.16. The number of esters is 1. The molecule has 7 heteroatoms. The maximum atomic E-state index is 13.1. The Hall–Kier alpha value is -2.18. The van der Waals surface area contributed by atoms with Gasteiger partial charge in [0, 0.05) is 15.5 Å². The molecule has 1 aliphatic rings. The summed E-state index contributed by atoms with van der Waals surface area (Å²) in [5, 5.41) is 1.22. The van der Waals surface area contributed by atoms with Gasteiger partial charge in [-0.2, -0.15) is 0 Å². The van der Waals surface area contributed by atoms with Crippen molar-refractivity contribution >= 4 is 39.1 Å². The summed E-state index contributed by atoms with van der Waals surface area (Å²) < 4.78 is 6.66. The fraction of sp³-hybridized carbons (Fsp3) is 0.435. The van der Waals surface area contributed by atoms with Gasteiger partial charge in [-0.25, -0.2) is 4.98 Å². The number of aromatic nitrogens is 2. The molecule has 0 aliphatic heterocycles. The maximum absolute atomic E-state index is 13.1. The van der Waals surface area contributed by atoms with E-state index in [0.29, 0.717) is 16.3 Å². The summed E-state index contributed by atoms with van der Waals surface area (Å²) in [5.74, 6) is 0.107. The molecule has 0 amide bonds. The van der Waals surface area contributed by atoms with E-state index in [1.54, 1.807) is 23.5 Å². The average molecular weight is 445 g/mol. The molecule has 2 aromatic heterocycles. The second-order valence-electron chi connectivity index (χ2n) is 8.92. The van der Waals surface area contributed by atoms with Crippen molar-refractivity contribution in [2.24, 2.45) is 11.3 Å². The van der Waals surface area contributed by atoms with Crippen LogP contribution in [0.25, 0.3) is 10.2 Å². The Morgan fingerprint density at radius 2 is 2.10 bits per heavy atom. The van der Waals surface area contributed by atoms with Crippen LogP contribution in [-0.4, -0.2) is 15.5 Å². The van der Waals surface area contributed by atoms with Gasteiger partial charge < -0.3 is 4.74 Å². The third kappa shape index (κ3) is 4.16. The van der Waals surface area contributed by atoms with E-state index in [1.165, 1.54) is 15.8 Å². The maximum Gasteiger partial charge on any atom is 0.326 e. The SMILES string of the molecule is CC(C)(C)C1CCc2c(sc3ncn(CC(=O)OCc4ccccc4Cl)c(=O)c23)C1. The van der Waals surface area contributed by atoms with E-state index in [-0.39, 0.29) is 24.1 Å². The Balaban J connectivity index is 1.53. The minimum Gasteiger partial charge on any atom is -0.459 e. The van der Waals surface area contributed by atoms with Gasteiger partial charge in [0.05, 0.1) is 11.7 Å².